The fourth-order valence-corrected chi connectivity index (χ4v) is 2.06. The smallest absolute Gasteiger partial charge is 0.122 e. The van der Waals surface area contributed by atoms with Crippen LogP contribution in [-0.2, 0) is 0 Å². The first-order chi connectivity index (χ1) is 10.1. The van der Waals surface area contributed by atoms with Crippen LogP contribution in [0, 0.1) is 6.92 Å². The third-order valence-corrected chi connectivity index (χ3v) is 3.19. The lowest BCUT2D eigenvalue weighted by Gasteiger charge is -2.16. The van der Waals surface area contributed by atoms with Gasteiger partial charge in [0.25, 0.3) is 0 Å². The predicted molar refractivity (Wildman–Crippen MR) is 85.8 cm³/mol. The van der Waals surface area contributed by atoms with Gasteiger partial charge in [0, 0.05) is 0 Å². The van der Waals surface area contributed by atoms with E-state index in [1.807, 2.05) is 69.3 Å². The molecular formula is C18H23NO2. The summed E-state index contributed by atoms with van der Waals surface area (Å²) in [7, 11) is 0. The van der Waals surface area contributed by atoms with Crippen LogP contribution in [0.3, 0.4) is 0 Å². The molecule has 0 aromatic heterocycles. The van der Waals surface area contributed by atoms with Gasteiger partial charge in [-0.05, 0) is 50.1 Å². The van der Waals surface area contributed by atoms with E-state index in [2.05, 4.69) is 0 Å². The summed E-state index contributed by atoms with van der Waals surface area (Å²) in [6.45, 7) is 6.50. The van der Waals surface area contributed by atoms with Crippen LogP contribution in [-0.4, -0.2) is 12.7 Å². The molecule has 2 N–H and O–H groups in total. The molecule has 0 heterocycles. The molecule has 0 spiro atoms. The quantitative estimate of drug-likeness (QED) is 0.876. The normalized spacial score (nSPS) is 12.2. The van der Waals surface area contributed by atoms with E-state index in [1.165, 1.54) is 0 Å². The van der Waals surface area contributed by atoms with Crippen molar-refractivity contribution >= 4 is 0 Å². The molecule has 0 saturated carbocycles. The Morgan fingerprint density at radius 3 is 2.29 bits per heavy atom. The van der Waals surface area contributed by atoms with E-state index in [-0.39, 0.29) is 12.1 Å². The largest absolute Gasteiger partial charge is 0.491 e. The van der Waals surface area contributed by atoms with E-state index in [0.717, 1.165) is 22.6 Å². The number of hydrogen-bond acceptors (Lipinski definition) is 3. The van der Waals surface area contributed by atoms with Crippen LogP contribution in [0.25, 0.3) is 0 Å². The summed E-state index contributed by atoms with van der Waals surface area (Å²) < 4.78 is 11.4. The third kappa shape index (κ3) is 4.50. The van der Waals surface area contributed by atoms with Gasteiger partial charge < -0.3 is 15.2 Å². The zero-order valence-electron chi connectivity index (χ0n) is 12.9. The van der Waals surface area contributed by atoms with E-state index < -0.39 is 0 Å². The van der Waals surface area contributed by atoms with Crippen LogP contribution in [0.5, 0.6) is 11.5 Å². The number of aryl methyl sites for hydroxylation is 1. The molecule has 112 valence electrons. The minimum Gasteiger partial charge on any atom is -0.491 e. The summed E-state index contributed by atoms with van der Waals surface area (Å²) in [5.74, 6) is 1.74. The van der Waals surface area contributed by atoms with Crippen LogP contribution in [0.1, 0.15) is 31.0 Å². The molecule has 0 aliphatic rings. The summed E-state index contributed by atoms with van der Waals surface area (Å²) in [6.07, 6.45) is 0.175. The SMILES string of the molecule is Cc1ccccc1OCC(N)c1ccc(OC(C)C)cc1. The van der Waals surface area contributed by atoms with Gasteiger partial charge in [0.05, 0.1) is 12.1 Å². The second kappa shape index (κ2) is 7.14. The first-order valence-corrected chi connectivity index (χ1v) is 7.27. The van der Waals surface area contributed by atoms with Gasteiger partial charge in [0.2, 0.25) is 0 Å². The number of rotatable bonds is 6. The summed E-state index contributed by atoms with van der Waals surface area (Å²) in [4.78, 5) is 0. The predicted octanol–water partition coefficient (Wildman–Crippen LogP) is 3.86. The molecule has 21 heavy (non-hydrogen) atoms. The highest BCUT2D eigenvalue weighted by Crippen LogP contribution is 2.20. The van der Waals surface area contributed by atoms with Gasteiger partial charge in [-0.1, -0.05) is 30.3 Å². The van der Waals surface area contributed by atoms with Crippen LogP contribution in [0.15, 0.2) is 48.5 Å². The van der Waals surface area contributed by atoms with Crippen molar-refractivity contribution in [3.05, 3.63) is 59.7 Å². The van der Waals surface area contributed by atoms with E-state index in [9.17, 15) is 0 Å². The molecule has 2 rings (SSSR count). The fraction of sp³-hybridized carbons (Fsp3) is 0.333. The van der Waals surface area contributed by atoms with Gasteiger partial charge in [0.1, 0.15) is 18.1 Å². The van der Waals surface area contributed by atoms with Crippen molar-refractivity contribution in [2.45, 2.75) is 32.9 Å². The Hall–Kier alpha value is -2.00. The number of benzene rings is 2. The van der Waals surface area contributed by atoms with Crippen molar-refractivity contribution in [1.29, 1.82) is 0 Å². The average molecular weight is 285 g/mol. The lowest BCUT2D eigenvalue weighted by atomic mass is 10.1. The molecule has 0 radical (unpaired) electrons. The van der Waals surface area contributed by atoms with Gasteiger partial charge >= 0.3 is 0 Å². The highest BCUT2D eigenvalue weighted by atomic mass is 16.5. The zero-order valence-corrected chi connectivity index (χ0v) is 12.9. The molecule has 2 aromatic rings. The van der Waals surface area contributed by atoms with Crippen molar-refractivity contribution in [2.75, 3.05) is 6.61 Å². The first kappa shape index (κ1) is 15.4. The highest BCUT2D eigenvalue weighted by molar-refractivity contribution is 5.32. The standard InChI is InChI=1S/C18H23NO2/c1-13(2)21-16-10-8-15(9-11-16)17(19)12-20-18-7-5-4-6-14(18)3/h4-11,13,17H,12,19H2,1-3H3. The maximum absolute atomic E-state index is 6.18. The summed E-state index contributed by atoms with van der Waals surface area (Å²) >= 11 is 0. The van der Waals surface area contributed by atoms with Gasteiger partial charge in [-0.15, -0.1) is 0 Å². The lowest BCUT2D eigenvalue weighted by Crippen LogP contribution is -2.19. The van der Waals surface area contributed by atoms with Crippen molar-refractivity contribution in [2.24, 2.45) is 5.73 Å². The van der Waals surface area contributed by atoms with Crippen LogP contribution < -0.4 is 15.2 Å². The molecular weight excluding hydrogens is 262 g/mol. The van der Waals surface area contributed by atoms with E-state index in [1.54, 1.807) is 0 Å². The third-order valence-electron chi connectivity index (χ3n) is 3.19. The zero-order chi connectivity index (χ0) is 15.2. The number of ether oxygens (including phenoxy) is 2. The van der Waals surface area contributed by atoms with Gasteiger partial charge in [0.15, 0.2) is 0 Å². The summed E-state index contributed by atoms with van der Waals surface area (Å²) in [6, 6.07) is 15.7. The lowest BCUT2D eigenvalue weighted by molar-refractivity contribution is 0.242. The maximum atomic E-state index is 6.18. The molecule has 3 heteroatoms. The Morgan fingerprint density at radius 1 is 1.00 bits per heavy atom. The topological polar surface area (TPSA) is 44.5 Å². The monoisotopic (exact) mass is 285 g/mol. The second-order valence-electron chi connectivity index (χ2n) is 5.42. The van der Waals surface area contributed by atoms with Crippen LogP contribution in [0.4, 0.5) is 0 Å². The first-order valence-electron chi connectivity index (χ1n) is 7.27. The molecule has 0 amide bonds. The maximum Gasteiger partial charge on any atom is 0.122 e. The Kier molecular flexibility index (Phi) is 5.23. The fourth-order valence-electron chi connectivity index (χ4n) is 2.06. The highest BCUT2D eigenvalue weighted by Gasteiger charge is 2.08. The van der Waals surface area contributed by atoms with Gasteiger partial charge in [-0.25, -0.2) is 0 Å². The van der Waals surface area contributed by atoms with Gasteiger partial charge in [-0.3, -0.25) is 0 Å². The summed E-state index contributed by atoms with van der Waals surface area (Å²) in [5, 5.41) is 0. The van der Waals surface area contributed by atoms with E-state index in [4.69, 9.17) is 15.2 Å². The molecule has 0 aliphatic heterocycles. The molecule has 1 atom stereocenters. The molecule has 0 fully saturated rings. The van der Waals surface area contributed by atoms with Gasteiger partial charge in [-0.2, -0.15) is 0 Å². The number of nitrogens with two attached hydrogens (primary N) is 1. The molecule has 0 saturated heterocycles. The minimum absolute atomic E-state index is 0.155. The van der Waals surface area contributed by atoms with E-state index >= 15 is 0 Å². The number of para-hydroxylation sites is 1. The Morgan fingerprint density at radius 2 is 1.67 bits per heavy atom. The van der Waals surface area contributed by atoms with E-state index in [0.29, 0.717) is 6.61 Å². The second-order valence-corrected chi connectivity index (χ2v) is 5.42. The molecule has 1 unspecified atom stereocenters. The van der Waals surface area contributed by atoms with Crippen molar-refractivity contribution in [3.63, 3.8) is 0 Å². The van der Waals surface area contributed by atoms with Crippen molar-refractivity contribution < 1.29 is 9.47 Å². The minimum atomic E-state index is -0.155. The van der Waals surface area contributed by atoms with Crippen LogP contribution >= 0.6 is 0 Å². The Bertz CT molecular complexity index is 564. The van der Waals surface area contributed by atoms with Crippen LogP contribution in [0.2, 0.25) is 0 Å². The molecule has 2 aromatic carbocycles. The molecule has 0 bridgehead atoms. The Balaban J connectivity index is 1.94. The Labute approximate surface area is 126 Å². The average Bonchev–Trinajstić information content (AvgIpc) is 2.46. The molecule has 0 aliphatic carbocycles. The number of hydrogen-bond donors (Lipinski definition) is 1. The summed E-state index contributed by atoms with van der Waals surface area (Å²) in [5.41, 5.74) is 8.34. The molecule has 3 nitrogen and oxygen atoms in total. The van der Waals surface area contributed by atoms with Crippen molar-refractivity contribution in [1.82, 2.24) is 0 Å². The van der Waals surface area contributed by atoms with Crippen molar-refractivity contribution in [3.8, 4) is 11.5 Å².